The number of aliphatic hydroxyl groups is 3. The Labute approximate surface area is 286 Å². The molecule has 0 spiro atoms. The summed E-state index contributed by atoms with van der Waals surface area (Å²) in [5, 5.41) is 33.1. The molecule has 4 rings (SSSR count). The third kappa shape index (κ3) is 6.52. The number of allylic oxidation sites excluding steroid dienone is 4. The quantitative estimate of drug-likeness (QED) is 0.198. The first-order chi connectivity index (χ1) is 22.4. The Morgan fingerprint density at radius 1 is 1.12 bits per heavy atom. The Morgan fingerprint density at radius 2 is 1.81 bits per heavy atom. The van der Waals surface area contributed by atoms with Crippen LogP contribution in [0.2, 0.25) is 0 Å². The van der Waals surface area contributed by atoms with Crippen LogP contribution in [0.3, 0.4) is 0 Å². The number of ketones is 2. The Hall–Kier alpha value is -2.61. The molecule has 268 valence electrons. The topological polar surface area (TPSA) is 179 Å². The molecule has 0 radical (unpaired) electrons. The average molecular weight is 694 g/mol. The maximum Gasteiger partial charge on any atom is 0.242 e. The highest BCUT2D eigenvalue weighted by Gasteiger charge is 2.75. The molecular formula is C35H52FN3O8S. The highest BCUT2D eigenvalue weighted by molar-refractivity contribution is 7.99. The van der Waals surface area contributed by atoms with Gasteiger partial charge in [-0.05, 0) is 62.5 Å². The minimum atomic E-state index is -2.06. The van der Waals surface area contributed by atoms with Crippen LogP contribution in [0, 0.1) is 34.5 Å². The van der Waals surface area contributed by atoms with Crippen LogP contribution in [0.25, 0.3) is 0 Å². The van der Waals surface area contributed by atoms with E-state index in [1.165, 1.54) is 28.8 Å². The van der Waals surface area contributed by atoms with Crippen molar-refractivity contribution in [3.05, 3.63) is 23.8 Å². The molecule has 3 saturated carbocycles. The number of carbonyl (C=O) groups is 5. The van der Waals surface area contributed by atoms with E-state index in [2.05, 4.69) is 0 Å². The molecule has 5 N–H and O–H groups in total. The molecule has 4 aliphatic carbocycles. The molecule has 11 nitrogen and oxygen atoms in total. The van der Waals surface area contributed by atoms with Crippen molar-refractivity contribution < 1.29 is 43.7 Å². The number of halogens is 1. The van der Waals surface area contributed by atoms with Gasteiger partial charge in [0.2, 0.25) is 17.7 Å². The van der Waals surface area contributed by atoms with Crippen LogP contribution < -0.4 is 5.73 Å². The van der Waals surface area contributed by atoms with Crippen LogP contribution in [0.1, 0.15) is 66.7 Å². The second kappa shape index (κ2) is 14.3. The number of thioether (sulfide) groups is 1. The predicted molar refractivity (Wildman–Crippen MR) is 179 cm³/mol. The zero-order valence-electron chi connectivity index (χ0n) is 28.7. The van der Waals surface area contributed by atoms with Gasteiger partial charge in [-0.3, -0.25) is 24.0 Å². The van der Waals surface area contributed by atoms with E-state index in [9.17, 15) is 39.3 Å². The zero-order chi connectivity index (χ0) is 35.8. The molecule has 0 aromatic heterocycles. The highest BCUT2D eigenvalue weighted by atomic mass is 32.2. The second-order valence-corrected chi connectivity index (χ2v) is 16.2. The number of carbonyl (C=O) groups excluding carboxylic acids is 5. The lowest BCUT2D eigenvalue weighted by molar-refractivity contribution is -0.218. The predicted octanol–water partition coefficient (Wildman–Crippen LogP) is 1.82. The first-order valence-electron chi connectivity index (χ1n) is 17.0. The fourth-order valence-corrected chi connectivity index (χ4v) is 10.2. The SMILES string of the molecule is CC(C)CN(CC(=O)N(CCO)CC(N)=O)C(=O)CCSCC(=O)[C@@]1(O)[C@H](C)C[C@H]2[C@@H]3CCC4=CC(=O)C=C[C@]4(C)[C@@]3(F)[C@@H](O)C[C@@]21C. The lowest BCUT2D eigenvalue weighted by atomic mass is 9.44. The number of amides is 3. The second-order valence-electron chi connectivity index (χ2n) is 15.1. The summed E-state index contributed by atoms with van der Waals surface area (Å²) in [6.45, 7) is 8.30. The summed E-state index contributed by atoms with van der Waals surface area (Å²) in [4.78, 5) is 65.9. The van der Waals surface area contributed by atoms with Crippen molar-refractivity contribution in [2.24, 2.45) is 40.2 Å². The van der Waals surface area contributed by atoms with Gasteiger partial charge in [0.1, 0.15) is 5.60 Å². The lowest BCUT2D eigenvalue weighted by Gasteiger charge is -2.62. The first-order valence-corrected chi connectivity index (χ1v) is 18.1. The number of fused-ring (bicyclic) bond motifs is 5. The molecule has 0 aromatic carbocycles. The number of aliphatic hydroxyl groups excluding tert-OH is 2. The lowest BCUT2D eigenvalue weighted by Crippen LogP contribution is -2.69. The van der Waals surface area contributed by atoms with E-state index in [0.717, 1.165) is 4.90 Å². The van der Waals surface area contributed by atoms with Crippen molar-refractivity contribution in [3.8, 4) is 0 Å². The van der Waals surface area contributed by atoms with Gasteiger partial charge < -0.3 is 30.9 Å². The van der Waals surface area contributed by atoms with Crippen LogP contribution >= 0.6 is 11.8 Å². The van der Waals surface area contributed by atoms with Gasteiger partial charge in [-0.2, -0.15) is 11.8 Å². The summed E-state index contributed by atoms with van der Waals surface area (Å²) in [5.41, 5.74) is -0.195. The van der Waals surface area contributed by atoms with Gasteiger partial charge in [-0.25, -0.2) is 4.39 Å². The van der Waals surface area contributed by atoms with Gasteiger partial charge in [-0.1, -0.05) is 39.3 Å². The van der Waals surface area contributed by atoms with Crippen molar-refractivity contribution in [1.82, 2.24) is 9.80 Å². The third-order valence-electron chi connectivity index (χ3n) is 11.7. The van der Waals surface area contributed by atoms with Crippen molar-refractivity contribution in [1.29, 1.82) is 0 Å². The van der Waals surface area contributed by atoms with Crippen molar-refractivity contribution in [2.45, 2.75) is 84.1 Å². The van der Waals surface area contributed by atoms with Crippen molar-refractivity contribution in [2.75, 3.05) is 44.3 Å². The number of Topliss-reactive ketones (excluding diaryl/α,β-unsaturated/α-hetero) is 1. The Morgan fingerprint density at radius 3 is 2.44 bits per heavy atom. The number of hydrogen-bond donors (Lipinski definition) is 4. The average Bonchev–Trinajstić information content (AvgIpc) is 3.20. The Bertz CT molecular complexity index is 1370. The molecule has 0 heterocycles. The molecule has 4 aliphatic rings. The van der Waals surface area contributed by atoms with Crippen LogP contribution in [0.4, 0.5) is 4.39 Å². The molecule has 3 fully saturated rings. The molecule has 0 unspecified atom stereocenters. The Kier molecular flexibility index (Phi) is 11.4. The van der Waals surface area contributed by atoms with Crippen LogP contribution in [-0.2, 0) is 24.0 Å². The highest BCUT2D eigenvalue weighted by Crippen LogP contribution is 2.70. The van der Waals surface area contributed by atoms with Gasteiger partial charge in [0.25, 0.3) is 0 Å². The van der Waals surface area contributed by atoms with Gasteiger partial charge in [0, 0.05) is 42.0 Å². The van der Waals surface area contributed by atoms with Crippen LogP contribution in [0.5, 0.6) is 0 Å². The molecule has 13 heteroatoms. The fourth-order valence-electron chi connectivity index (χ4n) is 9.29. The van der Waals surface area contributed by atoms with Gasteiger partial charge in [0.05, 0.1) is 31.6 Å². The maximum absolute atomic E-state index is 17.4. The van der Waals surface area contributed by atoms with Gasteiger partial charge in [-0.15, -0.1) is 0 Å². The van der Waals surface area contributed by atoms with Crippen LogP contribution in [0.15, 0.2) is 23.8 Å². The van der Waals surface area contributed by atoms with E-state index in [-0.39, 0.29) is 80.7 Å². The summed E-state index contributed by atoms with van der Waals surface area (Å²) in [5.74, 6) is -3.43. The smallest absolute Gasteiger partial charge is 0.242 e. The molecule has 0 saturated heterocycles. The first kappa shape index (κ1) is 38.2. The summed E-state index contributed by atoms with van der Waals surface area (Å²) in [7, 11) is 0. The molecule has 0 aliphatic heterocycles. The summed E-state index contributed by atoms with van der Waals surface area (Å²) in [6.07, 6.45) is 4.21. The molecule has 0 bridgehead atoms. The van der Waals surface area contributed by atoms with Crippen molar-refractivity contribution >= 4 is 41.0 Å². The Balaban J connectivity index is 1.42. The summed E-state index contributed by atoms with van der Waals surface area (Å²) in [6, 6.07) is 0. The monoisotopic (exact) mass is 693 g/mol. The van der Waals surface area contributed by atoms with Gasteiger partial charge >= 0.3 is 0 Å². The van der Waals surface area contributed by atoms with E-state index in [1.807, 2.05) is 13.8 Å². The largest absolute Gasteiger partial charge is 0.395 e. The molecule has 48 heavy (non-hydrogen) atoms. The minimum Gasteiger partial charge on any atom is -0.395 e. The zero-order valence-corrected chi connectivity index (χ0v) is 29.6. The van der Waals surface area contributed by atoms with Crippen molar-refractivity contribution in [3.63, 3.8) is 0 Å². The van der Waals surface area contributed by atoms with E-state index < -0.39 is 57.6 Å². The maximum atomic E-state index is 17.4. The fraction of sp³-hybridized carbons (Fsp3) is 0.743. The number of alkyl halides is 1. The molecule has 3 amide bonds. The summed E-state index contributed by atoms with van der Waals surface area (Å²) < 4.78 is 17.4. The number of rotatable bonds is 14. The molecule has 0 aromatic rings. The number of nitrogens with two attached hydrogens (primary N) is 1. The standard InChI is InChI=1S/C35H52FN3O8S/c1-21(2)17-39(19-31(46)38(11-12-40)18-29(37)44)30(45)9-13-48-20-28(43)35(47)22(3)14-26-25-7-6-23-15-24(41)8-10-32(23,4)34(25,36)27(42)16-33(26,35)5/h8,10,15,21-22,25-27,40,42,47H,6-7,9,11-14,16-20H2,1-5H3,(H2,37,44)/t22-,25+,26+,27+,32+,33+,34+,35+/m1/s1. The van der Waals surface area contributed by atoms with E-state index in [0.29, 0.717) is 24.8 Å². The van der Waals surface area contributed by atoms with E-state index in [4.69, 9.17) is 5.73 Å². The normalized spacial score (nSPS) is 35.4. The molecular weight excluding hydrogens is 641 g/mol. The third-order valence-corrected chi connectivity index (χ3v) is 12.6. The number of primary amides is 1. The van der Waals surface area contributed by atoms with Crippen LogP contribution in [-0.4, -0.2) is 116 Å². The van der Waals surface area contributed by atoms with E-state index >= 15 is 4.39 Å². The summed E-state index contributed by atoms with van der Waals surface area (Å²) >= 11 is 1.20. The van der Waals surface area contributed by atoms with E-state index in [1.54, 1.807) is 26.8 Å². The van der Waals surface area contributed by atoms with Gasteiger partial charge in [0.15, 0.2) is 17.2 Å². The minimum absolute atomic E-state index is 0.0251. The number of hydrogen-bond acceptors (Lipinski definition) is 9. The number of nitrogens with zero attached hydrogens (tertiary/aromatic N) is 2. The molecule has 8 atom stereocenters.